The molecular formula is C23H22N6O2S. The number of benzene rings is 1. The maximum atomic E-state index is 6.34. The molecule has 162 valence electrons. The van der Waals surface area contributed by atoms with Crippen molar-refractivity contribution >= 4 is 28.8 Å². The van der Waals surface area contributed by atoms with E-state index in [1.165, 1.54) is 9.39 Å². The number of anilines is 2. The van der Waals surface area contributed by atoms with Gasteiger partial charge in [-0.3, -0.25) is 0 Å². The molecule has 32 heavy (non-hydrogen) atoms. The van der Waals surface area contributed by atoms with E-state index in [1.807, 2.05) is 30.3 Å². The summed E-state index contributed by atoms with van der Waals surface area (Å²) in [7, 11) is 1.67. The summed E-state index contributed by atoms with van der Waals surface area (Å²) in [6.07, 6.45) is 2.49. The number of methoxy groups -OCH3 is 1. The van der Waals surface area contributed by atoms with Crippen molar-refractivity contribution < 1.29 is 9.15 Å². The van der Waals surface area contributed by atoms with Crippen LogP contribution in [0.1, 0.15) is 10.4 Å². The zero-order valence-corrected chi connectivity index (χ0v) is 18.3. The summed E-state index contributed by atoms with van der Waals surface area (Å²) in [6, 6.07) is 17.7. The molecule has 5 rings (SSSR count). The lowest BCUT2D eigenvalue weighted by Gasteiger charge is -2.24. The van der Waals surface area contributed by atoms with Crippen molar-refractivity contribution in [1.82, 2.24) is 19.6 Å². The Hall–Kier alpha value is -3.85. The van der Waals surface area contributed by atoms with Crippen LogP contribution < -0.4 is 15.4 Å². The Morgan fingerprint density at radius 3 is 2.84 bits per heavy atom. The van der Waals surface area contributed by atoms with Gasteiger partial charge in [-0.2, -0.15) is 14.5 Å². The van der Waals surface area contributed by atoms with Crippen LogP contribution in [-0.2, 0) is 13.0 Å². The second-order valence-corrected chi connectivity index (χ2v) is 8.30. The third kappa shape index (κ3) is 4.15. The van der Waals surface area contributed by atoms with Gasteiger partial charge in [0.15, 0.2) is 5.76 Å². The van der Waals surface area contributed by atoms with Gasteiger partial charge in [-0.25, -0.2) is 0 Å². The number of hydrogen-bond acceptors (Lipinski definition) is 8. The number of nitrogens with two attached hydrogens (primary N) is 1. The number of thiophene rings is 1. The third-order valence-electron chi connectivity index (χ3n) is 5.11. The summed E-state index contributed by atoms with van der Waals surface area (Å²) >= 11 is 1.75. The molecule has 9 heteroatoms. The molecule has 0 aliphatic heterocycles. The van der Waals surface area contributed by atoms with Gasteiger partial charge in [0, 0.05) is 24.0 Å². The summed E-state index contributed by atoms with van der Waals surface area (Å²) < 4.78 is 12.3. The molecule has 4 heterocycles. The van der Waals surface area contributed by atoms with Gasteiger partial charge in [0.1, 0.15) is 17.4 Å². The van der Waals surface area contributed by atoms with Crippen molar-refractivity contribution in [2.75, 3.05) is 24.3 Å². The lowest BCUT2D eigenvalue weighted by molar-refractivity contribution is 0.414. The SMILES string of the molecule is COc1cccc(CN(CCc2cccs2)c2cc(N)n3nc(-c4ccco4)nc3n2)c1. The first-order valence-corrected chi connectivity index (χ1v) is 11.0. The predicted octanol–water partition coefficient (Wildman–Crippen LogP) is 4.29. The van der Waals surface area contributed by atoms with Crippen molar-refractivity contribution in [2.24, 2.45) is 0 Å². The maximum Gasteiger partial charge on any atom is 0.256 e. The molecule has 1 aromatic carbocycles. The number of ether oxygens (including phenoxy) is 1. The van der Waals surface area contributed by atoms with Crippen LogP contribution in [-0.4, -0.2) is 33.2 Å². The Kier molecular flexibility index (Phi) is 5.47. The highest BCUT2D eigenvalue weighted by atomic mass is 32.1. The van der Waals surface area contributed by atoms with Crippen molar-refractivity contribution in [3.63, 3.8) is 0 Å². The first-order chi connectivity index (χ1) is 15.7. The van der Waals surface area contributed by atoms with Crippen molar-refractivity contribution in [2.45, 2.75) is 13.0 Å². The highest BCUT2D eigenvalue weighted by Crippen LogP contribution is 2.24. The monoisotopic (exact) mass is 446 g/mol. The maximum absolute atomic E-state index is 6.34. The average molecular weight is 447 g/mol. The molecule has 0 saturated carbocycles. The molecule has 0 amide bonds. The van der Waals surface area contributed by atoms with Crippen molar-refractivity contribution in [1.29, 1.82) is 0 Å². The number of fused-ring (bicyclic) bond motifs is 1. The summed E-state index contributed by atoms with van der Waals surface area (Å²) in [5.74, 6) is 3.48. The molecule has 0 unspecified atom stereocenters. The normalized spacial score (nSPS) is 11.2. The molecule has 4 aromatic heterocycles. The van der Waals surface area contributed by atoms with Crippen LogP contribution in [0.25, 0.3) is 17.4 Å². The van der Waals surface area contributed by atoms with Gasteiger partial charge in [-0.15, -0.1) is 16.4 Å². The number of nitrogen functional groups attached to an aromatic ring is 1. The largest absolute Gasteiger partial charge is 0.497 e. The molecule has 0 aliphatic carbocycles. The second kappa shape index (κ2) is 8.72. The van der Waals surface area contributed by atoms with E-state index in [0.717, 1.165) is 30.1 Å². The average Bonchev–Trinajstić information content (AvgIpc) is 3.58. The molecule has 0 radical (unpaired) electrons. The molecular weight excluding hydrogens is 424 g/mol. The third-order valence-corrected chi connectivity index (χ3v) is 6.04. The smallest absolute Gasteiger partial charge is 0.256 e. The van der Waals surface area contributed by atoms with Crippen molar-refractivity contribution in [3.05, 3.63) is 76.7 Å². The quantitative estimate of drug-likeness (QED) is 0.380. The van der Waals surface area contributed by atoms with E-state index in [4.69, 9.17) is 19.9 Å². The Balaban J connectivity index is 1.50. The highest BCUT2D eigenvalue weighted by molar-refractivity contribution is 7.09. The molecule has 0 bridgehead atoms. The molecule has 0 saturated heterocycles. The Bertz CT molecular complexity index is 1310. The fourth-order valence-electron chi connectivity index (χ4n) is 3.52. The highest BCUT2D eigenvalue weighted by Gasteiger charge is 2.17. The van der Waals surface area contributed by atoms with E-state index in [9.17, 15) is 0 Å². The van der Waals surface area contributed by atoms with Gasteiger partial charge in [0.2, 0.25) is 5.82 Å². The first-order valence-electron chi connectivity index (χ1n) is 10.2. The fraction of sp³-hybridized carbons (Fsp3) is 0.174. The van der Waals surface area contributed by atoms with E-state index in [2.05, 4.69) is 38.6 Å². The van der Waals surface area contributed by atoms with Crippen LogP contribution in [0, 0.1) is 0 Å². The standard InChI is InChI=1S/C23H22N6O2S/c1-30-17-6-2-5-16(13-17)15-28(10-9-18-7-4-12-32-18)21-14-20(24)29-23(25-21)26-22(27-29)19-8-3-11-31-19/h2-8,11-14H,9-10,15,24H2,1H3. The summed E-state index contributed by atoms with van der Waals surface area (Å²) in [6.45, 7) is 1.43. The zero-order valence-electron chi connectivity index (χ0n) is 17.5. The minimum Gasteiger partial charge on any atom is -0.497 e. The zero-order chi connectivity index (χ0) is 21.9. The molecule has 2 N–H and O–H groups in total. The van der Waals surface area contributed by atoms with E-state index < -0.39 is 0 Å². The molecule has 0 atom stereocenters. The number of furan rings is 1. The number of rotatable bonds is 8. The van der Waals surface area contributed by atoms with Crippen LogP contribution in [0.15, 0.2) is 70.7 Å². The molecule has 0 spiro atoms. The van der Waals surface area contributed by atoms with Gasteiger partial charge in [-0.05, 0) is 47.7 Å². The van der Waals surface area contributed by atoms with Gasteiger partial charge in [-0.1, -0.05) is 18.2 Å². The molecule has 0 fully saturated rings. The second-order valence-electron chi connectivity index (χ2n) is 7.27. The molecule has 8 nitrogen and oxygen atoms in total. The lowest BCUT2D eigenvalue weighted by Crippen LogP contribution is -2.26. The number of nitrogens with zero attached hydrogens (tertiary/aromatic N) is 5. The molecule has 5 aromatic rings. The van der Waals surface area contributed by atoms with Gasteiger partial charge in [0.05, 0.1) is 13.4 Å². The minimum atomic E-state index is 0.429. The topological polar surface area (TPSA) is 94.7 Å². The minimum absolute atomic E-state index is 0.429. The van der Waals surface area contributed by atoms with E-state index in [0.29, 0.717) is 29.7 Å². The van der Waals surface area contributed by atoms with Crippen LogP contribution in [0.3, 0.4) is 0 Å². The van der Waals surface area contributed by atoms with Gasteiger partial charge in [0.25, 0.3) is 5.78 Å². The summed E-state index contributed by atoms with van der Waals surface area (Å²) in [4.78, 5) is 12.8. The lowest BCUT2D eigenvalue weighted by atomic mass is 10.2. The Morgan fingerprint density at radius 1 is 1.12 bits per heavy atom. The van der Waals surface area contributed by atoms with Crippen LogP contribution in [0.4, 0.5) is 11.6 Å². The van der Waals surface area contributed by atoms with E-state index in [1.54, 1.807) is 30.8 Å². The molecule has 0 aliphatic rings. The Morgan fingerprint density at radius 2 is 2.06 bits per heavy atom. The van der Waals surface area contributed by atoms with Crippen LogP contribution in [0.2, 0.25) is 0 Å². The Labute approximate surface area is 188 Å². The van der Waals surface area contributed by atoms with Gasteiger partial charge < -0.3 is 19.8 Å². The van der Waals surface area contributed by atoms with E-state index in [-0.39, 0.29) is 0 Å². The van der Waals surface area contributed by atoms with Gasteiger partial charge >= 0.3 is 0 Å². The number of hydrogen-bond donors (Lipinski definition) is 1. The van der Waals surface area contributed by atoms with Crippen LogP contribution >= 0.6 is 11.3 Å². The summed E-state index contributed by atoms with van der Waals surface area (Å²) in [5, 5.41) is 6.53. The number of aromatic nitrogens is 4. The summed E-state index contributed by atoms with van der Waals surface area (Å²) in [5.41, 5.74) is 7.46. The van der Waals surface area contributed by atoms with Crippen LogP contribution in [0.5, 0.6) is 5.75 Å². The fourth-order valence-corrected chi connectivity index (χ4v) is 4.21. The predicted molar refractivity (Wildman–Crippen MR) is 125 cm³/mol. The first kappa shape index (κ1) is 20.1. The van der Waals surface area contributed by atoms with Crippen molar-refractivity contribution in [3.8, 4) is 17.3 Å². The van der Waals surface area contributed by atoms with E-state index >= 15 is 0 Å².